The third-order valence-corrected chi connectivity index (χ3v) is 4.27. The highest BCUT2D eigenvalue weighted by Gasteiger charge is 2.05. The van der Waals surface area contributed by atoms with Crippen molar-refractivity contribution < 1.29 is 10.2 Å². The molecule has 0 saturated heterocycles. The van der Waals surface area contributed by atoms with Crippen molar-refractivity contribution in [2.45, 2.75) is 0 Å². The van der Waals surface area contributed by atoms with Crippen LogP contribution in [0.15, 0.2) is 51.4 Å². The van der Waals surface area contributed by atoms with Crippen LogP contribution < -0.4 is 0 Å². The van der Waals surface area contributed by atoms with Crippen LogP contribution in [0.25, 0.3) is 23.1 Å². The van der Waals surface area contributed by atoms with Gasteiger partial charge in [0.2, 0.25) is 0 Å². The first-order valence-electron chi connectivity index (χ1n) is 6.49. The highest BCUT2D eigenvalue weighted by molar-refractivity contribution is 9.11. The molecule has 0 atom stereocenters. The van der Waals surface area contributed by atoms with Gasteiger partial charge in [0.15, 0.2) is 0 Å². The smallest absolute Gasteiger partial charge is 0.141 e. The first-order chi connectivity index (χ1) is 10.5. The van der Waals surface area contributed by atoms with E-state index in [0.717, 1.165) is 9.86 Å². The largest absolute Gasteiger partial charge is 0.506 e. The number of phenols is 2. The molecular formula is C17H11Br2NO2. The molecule has 0 amide bonds. The van der Waals surface area contributed by atoms with Crippen molar-refractivity contribution in [3.63, 3.8) is 0 Å². The molecular weight excluding hydrogens is 410 g/mol. The molecule has 0 aliphatic carbocycles. The van der Waals surface area contributed by atoms with Gasteiger partial charge in [-0.3, -0.25) is 0 Å². The third kappa shape index (κ3) is 3.00. The van der Waals surface area contributed by atoms with Gasteiger partial charge < -0.3 is 10.2 Å². The van der Waals surface area contributed by atoms with Crippen molar-refractivity contribution in [3.8, 4) is 11.5 Å². The summed E-state index contributed by atoms with van der Waals surface area (Å²) in [6.07, 6.45) is 3.57. The number of benzene rings is 2. The van der Waals surface area contributed by atoms with Crippen LogP contribution in [0.4, 0.5) is 0 Å². The summed E-state index contributed by atoms with van der Waals surface area (Å²) in [5.74, 6) is 0.323. The maximum Gasteiger partial charge on any atom is 0.141 e. The van der Waals surface area contributed by atoms with Gasteiger partial charge in [0.05, 0.1) is 10.2 Å². The van der Waals surface area contributed by atoms with E-state index < -0.39 is 0 Å². The monoisotopic (exact) mass is 419 g/mol. The van der Waals surface area contributed by atoms with Crippen LogP contribution in [0.1, 0.15) is 11.3 Å². The van der Waals surface area contributed by atoms with Gasteiger partial charge in [-0.25, -0.2) is 4.98 Å². The van der Waals surface area contributed by atoms with Gasteiger partial charge >= 0.3 is 0 Å². The number of halogens is 2. The van der Waals surface area contributed by atoms with Crippen LogP contribution >= 0.6 is 31.9 Å². The predicted molar refractivity (Wildman–Crippen MR) is 95.8 cm³/mol. The Hall–Kier alpha value is -1.85. The van der Waals surface area contributed by atoms with E-state index in [1.54, 1.807) is 30.4 Å². The minimum Gasteiger partial charge on any atom is -0.506 e. The molecule has 0 aliphatic heterocycles. The second kappa shape index (κ2) is 6.10. The lowest BCUT2D eigenvalue weighted by atomic mass is 10.1. The number of para-hydroxylation sites is 1. The summed E-state index contributed by atoms with van der Waals surface area (Å²) < 4.78 is 1.48. The van der Waals surface area contributed by atoms with E-state index in [1.165, 1.54) is 0 Å². The van der Waals surface area contributed by atoms with E-state index in [0.29, 0.717) is 21.2 Å². The van der Waals surface area contributed by atoms with E-state index in [-0.39, 0.29) is 11.5 Å². The molecule has 0 fully saturated rings. The Morgan fingerprint density at radius 1 is 0.955 bits per heavy atom. The number of fused-ring (bicyclic) bond motifs is 1. The molecule has 3 rings (SSSR count). The van der Waals surface area contributed by atoms with Gasteiger partial charge in [-0.15, -0.1) is 0 Å². The zero-order chi connectivity index (χ0) is 15.7. The molecule has 2 N–H and O–H groups in total. The van der Waals surface area contributed by atoms with Crippen molar-refractivity contribution >= 4 is 54.9 Å². The van der Waals surface area contributed by atoms with Gasteiger partial charge in [-0.1, -0.05) is 34.1 Å². The summed E-state index contributed by atoms with van der Waals surface area (Å²) in [5, 5.41) is 20.8. The second-order valence-electron chi connectivity index (χ2n) is 4.74. The lowest BCUT2D eigenvalue weighted by Crippen LogP contribution is -1.84. The molecule has 3 nitrogen and oxygen atoms in total. The minimum atomic E-state index is 0.154. The Morgan fingerprint density at radius 2 is 1.77 bits per heavy atom. The van der Waals surface area contributed by atoms with E-state index in [1.807, 2.05) is 24.3 Å². The Bertz CT molecular complexity index is 891. The summed E-state index contributed by atoms with van der Waals surface area (Å²) in [5.41, 5.74) is 1.93. The minimum absolute atomic E-state index is 0.154. The Labute approximate surface area is 144 Å². The fraction of sp³-hybridized carbons (Fsp3) is 0. The quantitative estimate of drug-likeness (QED) is 0.588. The highest BCUT2D eigenvalue weighted by Crippen LogP contribution is 2.33. The normalized spacial score (nSPS) is 11.4. The Morgan fingerprint density at radius 3 is 2.59 bits per heavy atom. The molecule has 110 valence electrons. The zero-order valence-electron chi connectivity index (χ0n) is 11.3. The Balaban J connectivity index is 2.01. The van der Waals surface area contributed by atoms with Crippen LogP contribution in [0.5, 0.6) is 11.5 Å². The first-order valence-corrected chi connectivity index (χ1v) is 8.08. The summed E-state index contributed by atoms with van der Waals surface area (Å²) in [7, 11) is 0. The maximum absolute atomic E-state index is 10.0. The topological polar surface area (TPSA) is 53.4 Å². The number of nitrogens with zero attached hydrogens (tertiary/aromatic N) is 1. The summed E-state index contributed by atoms with van der Waals surface area (Å²) in [4.78, 5) is 4.42. The summed E-state index contributed by atoms with van der Waals surface area (Å²) in [6.45, 7) is 0. The van der Waals surface area contributed by atoms with Crippen LogP contribution in [-0.4, -0.2) is 15.2 Å². The molecule has 1 heterocycles. The molecule has 0 radical (unpaired) electrons. The number of aromatic nitrogens is 1. The van der Waals surface area contributed by atoms with Crippen molar-refractivity contribution in [2.75, 3.05) is 0 Å². The molecule has 1 aromatic heterocycles. The first kappa shape index (κ1) is 15.1. The van der Waals surface area contributed by atoms with E-state index in [9.17, 15) is 10.2 Å². The van der Waals surface area contributed by atoms with Gasteiger partial charge in [-0.05, 0) is 52.3 Å². The molecule has 5 heteroatoms. The molecule has 0 aliphatic rings. The van der Waals surface area contributed by atoms with Crippen molar-refractivity contribution in [2.24, 2.45) is 0 Å². The SMILES string of the molecule is Oc1c(Br)cc(Br)cc1/C=C\c1ccc2cccc(O)c2n1. The summed E-state index contributed by atoms with van der Waals surface area (Å²) in [6, 6.07) is 12.6. The molecule has 0 bridgehead atoms. The van der Waals surface area contributed by atoms with Gasteiger partial charge in [0.1, 0.15) is 17.0 Å². The van der Waals surface area contributed by atoms with Gasteiger partial charge in [0.25, 0.3) is 0 Å². The average molecular weight is 421 g/mol. The lowest BCUT2D eigenvalue weighted by molar-refractivity contribution is 0.470. The van der Waals surface area contributed by atoms with Crippen molar-refractivity contribution in [1.82, 2.24) is 4.98 Å². The third-order valence-electron chi connectivity index (χ3n) is 3.21. The standard InChI is InChI=1S/C17H11Br2NO2/c18-12-8-11(17(22)14(19)9-12)5-7-13-6-4-10-2-1-3-15(21)16(10)20-13/h1-9,21-22H/b7-5-. The van der Waals surface area contributed by atoms with Crippen LogP contribution in [0, 0.1) is 0 Å². The highest BCUT2D eigenvalue weighted by atomic mass is 79.9. The van der Waals surface area contributed by atoms with Gasteiger partial charge in [-0.2, -0.15) is 0 Å². The van der Waals surface area contributed by atoms with E-state index in [4.69, 9.17) is 0 Å². The average Bonchev–Trinajstić information content (AvgIpc) is 2.50. The molecule has 0 unspecified atom stereocenters. The maximum atomic E-state index is 10.0. The molecule has 0 spiro atoms. The van der Waals surface area contributed by atoms with Crippen molar-refractivity contribution in [1.29, 1.82) is 0 Å². The number of hydrogen-bond donors (Lipinski definition) is 2. The fourth-order valence-electron chi connectivity index (χ4n) is 2.13. The van der Waals surface area contributed by atoms with Crippen LogP contribution in [0.2, 0.25) is 0 Å². The van der Waals surface area contributed by atoms with Crippen molar-refractivity contribution in [3.05, 3.63) is 62.7 Å². The summed E-state index contributed by atoms with van der Waals surface area (Å²) >= 11 is 6.69. The number of rotatable bonds is 2. The molecule has 2 aromatic carbocycles. The number of phenolic OH excluding ortho intramolecular Hbond substituents is 2. The fourth-order valence-corrected chi connectivity index (χ4v) is 3.39. The van der Waals surface area contributed by atoms with E-state index >= 15 is 0 Å². The Kier molecular flexibility index (Phi) is 4.18. The van der Waals surface area contributed by atoms with Gasteiger partial charge in [0, 0.05) is 15.4 Å². The number of aromatic hydroxyl groups is 2. The second-order valence-corrected chi connectivity index (χ2v) is 6.51. The number of hydrogen-bond acceptors (Lipinski definition) is 3. The zero-order valence-corrected chi connectivity index (χ0v) is 14.5. The molecule has 3 aromatic rings. The predicted octanol–water partition coefficient (Wildman–Crippen LogP) is 5.34. The van der Waals surface area contributed by atoms with Crippen LogP contribution in [-0.2, 0) is 0 Å². The number of pyridine rings is 1. The van der Waals surface area contributed by atoms with E-state index in [2.05, 4.69) is 36.8 Å². The lowest BCUT2D eigenvalue weighted by Gasteiger charge is -2.04. The van der Waals surface area contributed by atoms with Crippen LogP contribution in [0.3, 0.4) is 0 Å². The molecule has 0 saturated carbocycles. The molecule has 22 heavy (non-hydrogen) atoms.